The summed E-state index contributed by atoms with van der Waals surface area (Å²) in [6.45, 7) is 4.97. The van der Waals surface area contributed by atoms with Crippen LogP contribution in [0.25, 0.3) is 0 Å². The van der Waals surface area contributed by atoms with E-state index in [1.807, 2.05) is 44.2 Å². The molecule has 0 aromatic heterocycles. The average Bonchev–Trinajstić information content (AvgIpc) is 2.84. The lowest BCUT2D eigenvalue weighted by Gasteiger charge is -2.28. The Kier molecular flexibility index (Phi) is 7.53. The SMILES string of the molecule is CCN(CC)C(=O)c1ccccc1N(Cc1ccccc1)S(=O)(=O)c1ccc(OC)cc1. The van der Waals surface area contributed by atoms with Gasteiger partial charge in [0, 0.05) is 13.1 Å². The first-order valence-corrected chi connectivity index (χ1v) is 11.9. The van der Waals surface area contributed by atoms with Crippen LogP contribution in [0.5, 0.6) is 5.75 Å². The molecule has 0 unspecified atom stereocenters. The van der Waals surface area contributed by atoms with Crippen molar-refractivity contribution in [1.29, 1.82) is 0 Å². The molecule has 0 saturated carbocycles. The fourth-order valence-electron chi connectivity index (χ4n) is 3.48. The lowest BCUT2D eigenvalue weighted by molar-refractivity contribution is 0.0773. The lowest BCUT2D eigenvalue weighted by Crippen LogP contribution is -2.35. The minimum Gasteiger partial charge on any atom is -0.497 e. The third-order valence-corrected chi connectivity index (χ3v) is 7.04. The largest absolute Gasteiger partial charge is 0.497 e. The number of rotatable bonds is 9. The van der Waals surface area contributed by atoms with Crippen molar-refractivity contribution in [2.24, 2.45) is 0 Å². The zero-order valence-electron chi connectivity index (χ0n) is 18.6. The van der Waals surface area contributed by atoms with Gasteiger partial charge in [0.15, 0.2) is 0 Å². The second-order valence-electron chi connectivity index (χ2n) is 7.17. The number of sulfonamides is 1. The van der Waals surface area contributed by atoms with Crippen LogP contribution >= 0.6 is 0 Å². The van der Waals surface area contributed by atoms with E-state index in [0.29, 0.717) is 30.1 Å². The number of carbonyl (C=O) groups excluding carboxylic acids is 1. The first kappa shape index (κ1) is 23.3. The van der Waals surface area contributed by atoms with E-state index in [0.717, 1.165) is 5.56 Å². The summed E-state index contributed by atoms with van der Waals surface area (Å²) in [6, 6.07) is 22.4. The Labute approximate surface area is 190 Å². The Morgan fingerprint density at radius 1 is 0.844 bits per heavy atom. The zero-order chi connectivity index (χ0) is 23.1. The summed E-state index contributed by atoms with van der Waals surface area (Å²) >= 11 is 0. The van der Waals surface area contributed by atoms with Crippen LogP contribution in [0.1, 0.15) is 29.8 Å². The van der Waals surface area contributed by atoms with Crippen LogP contribution in [0.4, 0.5) is 5.69 Å². The molecule has 0 aliphatic rings. The van der Waals surface area contributed by atoms with Crippen molar-refractivity contribution >= 4 is 21.6 Å². The average molecular weight is 453 g/mol. The summed E-state index contributed by atoms with van der Waals surface area (Å²) in [5, 5.41) is 0. The van der Waals surface area contributed by atoms with Gasteiger partial charge in [0.05, 0.1) is 29.8 Å². The Morgan fingerprint density at radius 3 is 2.03 bits per heavy atom. The molecule has 0 aliphatic heterocycles. The van der Waals surface area contributed by atoms with Gasteiger partial charge in [-0.3, -0.25) is 9.10 Å². The molecule has 0 saturated heterocycles. The van der Waals surface area contributed by atoms with Crippen LogP contribution in [0.3, 0.4) is 0 Å². The number of amides is 1. The summed E-state index contributed by atoms with van der Waals surface area (Å²) < 4.78 is 34.0. The first-order chi connectivity index (χ1) is 15.4. The second kappa shape index (κ2) is 10.3. The van der Waals surface area contributed by atoms with Crippen molar-refractivity contribution in [2.45, 2.75) is 25.3 Å². The van der Waals surface area contributed by atoms with Crippen molar-refractivity contribution < 1.29 is 17.9 Å². The molecule has 3 aromatic rings. The fourth-order valence-corrected chi connectivity index (χ4v) is 4.95. The standard InChI is InChI=1S/C25H28N2O4S/c1-4-26(5-2)25(28)23-13-9-10-14-24(23)27(19-20-11-7-6-8-12-20)32(29,30)22-17-15-21(31-3)16-18-22/h6-18H,4-5,19H2,1-3H3. The third-order valence-electron chi connectivity index (χ3n) is 5.27. The molecule has 0 radical (unpaired) electrons. The first-order valence-electron chi connectivity index (χ1n) is 10.5. The van der Waals surface area contributed by atoms with E-state index in [1.165, 1.54) is 23.5 Å². The van der Waals surface area contributed by atoms with Gasteiger partial charge in [-0.1, -0.05) is 42.5 Å². The summed E-state index contributed by atoms with van der Waals surface area (Å²) in [6.07, 6.45) is 0. The Hall–Kier alpha value is -3.32. The van der Waals surface area contributed by atoms with Crippen LogP contribution in [-0.4, -0.2) is 39.4 Å². The molecule has 0 atom stereocenters. The van der Waals surface area contributed by atoms with Gasteiger partial charge in [0.25, 0.3) is 15.9 Å². The topological polar surface area (TPSA) is 66.9 Å². The van der Waals surface area contributed by atoms with Gasteiger partial charge in [-0.2, -0.15) is 0 Å². The second-order valence-corrected chi connectivity index (χ2v) is 9.03. The van der Waals surface area contributed by atoms with Gasteiger partial charge >= 0.3 is 0 Å². The highest BCUT2D eigenvalue weighted by atomic mass is 32.2. The molecule has 0 spiro atoms. The summed E-state index contributed by atoms with van der Waals surface area (Å²) in [5.41, 5.74) is 1.52. The summed E-state index contributed by atoms with van der Waals surface area (Å²) in [5.74, 6) is 0.365. The van der Waals surface area contributed by atoms with Crippen LogP contribution in [0.2, 0.25) is 0 Å². The van der Waals surface area contributed by atoms with E-state index >= 15 is 0 Å². The number of nitrogens with zero attached hydrogens (tertiary/aromatic N) is 2. The molecule has 3 rings (SSSR count). The normalized spacial score (nSPS) is 11.1. The molecule has 7 heteroatoms. The van der Waals surface area contributed by atoms with Gasteiger partial charge in [-0.15, -0.1) is 0 Å². The number of para-hydroxylation sites is 1. The number of ether oxygens (including phenoxy) is 1. The van der Waals surface area contributed by atoms with E-state index in [4.69, 9.17) is 4.74 Å². The van der Waals surface area contributed by atoms with E-state index in [9.17, 15) is 13.2 Å². The predicted molar refractivity (Wildman–Crippen MR) is 126 cm³/mol. The maximum Gasteiger partial charge on any atom is 0.264 e. The maximum absolute atomic E-state index is 13.8. The third kappa shape index (κ3) is 4.94. The highest BCUT2D eigenvalue weighted by Crippen LogP contribution is 2.30. The van der Waals surface area contributed by atoms with Crippen LogP contribution in [-0.2, 0) is 16.6 Å². The van der Waals surface area contributed by atoms with Gasteiger partial charge in [-0.05, 0) is 55.8 Å². The fraction of sp³-hybridized carbons (Fsp3) is 0.240. The van der Waals surface area contributed by atoms with Crippen LogP contribution < -0.4 is 9.04 Å². The molecule has 0 heterocycles. The molecule has 0 fully saturated rings. The number of hydrogen-bond acceptors (Lipinski definition) is 4. The highest BCUT2D eigenvalue weighted by molar-refractivity contribution is 7.92. The molecule has 32 heavy (non-hydrogen) atoms. The molecule has 0 N–H and O–H groups in total. The van der Waals surface area contributed by atoms with E-state index in [2.05, 4.69) is 0 Å². The molecule has 6 nitrogen and oxygen atoms in total. The summed E-state index contributed by atoms with van der Waals surface area (Å²) in [4.78, 5) is 15.0. The molecule has 3 aromatic carbocycles. The number of carbonyl (C=O) groups is 1. The molecule has 0 bridgehead atoms. The van der Waals surface area contributed by atoms with Crippen LogP contribution in [0, 0.1) is 0 Å². The monoisotopic (exact) mass is 452 g/mol. The Bertz CT molecular complexity index is 1140. The van der Waals surface area contributed by atoms with E-state index < -0.39 is 10.0 Å². The predicted octanol–water partition coefficient (Wildman–Crippen LogP) is 4.57. The van der Waals surface area contributed by atoms with E-state index in [1.54, 1.807) is 41.3 Å². The minimum absolute atomic E-state index is 0.0950. The van der Waals surface area contributed by atoms with Crippen molar-refractivity contribution in [3.05, 3.63) is 90.0 Å². The van der Waals surface area contributed by atoms with Gasteiger partial charge in [0.1, 0.15) is 5.75 Å². The zero-order valence-corrected chi connectivity index (χ0v) is 19.4. The van der Waals surface area contributed by atoms with E-state index in [-0.39, 0.29) is 17.3 Å². The smallest absolute Gasteiger partial charge is 0.264 e. The quantitative estimate of drug-likeness (QED) is 0.477. The maximum atomic E-state index is 13.8. The molecular weight excluding hydrogens is 424 g/mol. The summed E-state index contributed by atoms with van der Waals surface area (Å²) in [7, 11) is -2.44. The highest BCUT2D eigenvalue weighted by Gasteiger charge is 2.29. The molecule has 0 aliphatic carbocycles. The van der Waals surface area contributed by atoms with Crippen LogP contribution in [0.15, 0.2) is 83.8 Å². The van der Waals surface area contributed by atoms with Crippen molar-refractivity contribution in [2.75, 3.05) is 24.5 Å². The van der Waals surface area contributed by atoms with Crippen molar-refractivity contribution in [3.8, 4) is 5.75 Å². The number of methoxy groups -OCH3 is 1. The van der Waals surface area contributed by atoms with Gasteiger partial charge in [-0.25, -0.2) is 8.42 Å². The van der Waals surface area contributed by atoms with Gasteiger partial charge in [0.2, 0.25) is 0 Å². The Morgan fingerprint density at radius 2 is 1.44 bits per heavy atom. The lowest BCUT2D eigenvalue weighted by atomic mass is 10.1. The number of benzene rings is 3. The Balaban J connectivity index is 2.15. The molecule has 1 amide bonds. The number of hydrogen-bond donors (Lipinski definition) is 0. The molecule has 168 valence electrons. The minimum atomic E-state index is -3.97. The molecular formula is C25H28N2O4S. The van der Waals surface area contributed by atoms with Crippen molar-refractivity contribution in [3.63, 3.8) is 0 Å². The van der Waals surface area contributed by atoms with Crippen molar-refractivity contribution in [1.82, 2.24) is 4.90 Å². The van der Waals surface area contributed by atoms with Gasteiger partial charge < -0.3 is 9.64 Å². The number of anilines is 1.